The third-order valence-corrected chi connectivity index (χ3v) is 6.31. The zero-order chi connectivity index (χ0) is 8.93. The second kappa shape index (κ2) is 5.23. The molecule has 70 valence electrons. The third-order valence-electron chi connectivity index (χ3n) is 1.77. The van der Waals surface area contributed by atoms with Crippen molar-refractivity contribution in [3.8, 4) is 0 Å². The molecule has 2 rings (SSSR count). The predicted molar refractivity (Wildman–Crippen MR) is 65.6 cm³/mol. The van der Waals surface area contributed by atoms with Gasteiger partial charge in [0.1, 0.15) is 3.91 Å². The van der Waals surface area contributed by atoms with Crippen molar-refractivity contribution in [1.82, 2.24) is 0 Å². The Morgan fingerprint density at radius 2 is 1.77 bits per heavy atom. The molecule has 0 aliphatic carbocycles. The minimum atomic E-state index is 0.719. The van der Waals surface area contributed by atoms with Crippen LogP contribution in [0.25, 0.3) is 0 Å². The van der Waals surface area contributed by atoms with Crippen LogP contribution in [0.15, 0.2) is 35.2 Å². The Balaban J connectivity index is 1.90. The molecule has 0 atom stereocenters. The normalized spacial score (nSPS) is 18.8. The van der Waals surface area contributed by atoms with Crippen molar-refractivity contribution in [3.63, 3.8) is 0 Å². The first kappa shape index (κ1) is 9.81. The molecule has 0 bridgehead atoms. The first-order chi connectivity index (χ1) is 6.45. The van der Waals surface area contributed by atoms with Gasteiger partial charge in [0.15, 0.2) is 0 Å². The van der Waals surface area contributed by atoms with Crippen LogP contribution >= 0.6 is 35.3 Å². The van der Waals surface area contributed by atoms with Gasteiger partial charge in [0.2, 0.25) is 0 Å². The smallest absolute Gasteiger partial charge is 0.100 e. The van der Waals surface area contributed by atoms with Crippen LogP contribution in [0, 0.1) is 0 Å². The van der Waals surface area contributed by atoms with Gasteiger partial charge in [0.05, 0.1) is 0 Å². The lowest BCUT2D eigenvalue weighted by molar-refractivity contribution is 1.12. The van der Waals surface area contributed by atoms with Crippen molar-refractivity contribution < 1.29 is 0 Å². The molecule has 0 saturated carbocycles. The van der Waals surface area contributed by atoms with Gasteiger partial charge in [0.25, 0.3) is 0 Å². The number of hydrogen-bond acceptors (Lipinski definition) is 3. The van der Waals surface area contributed by atoms with Crippen LogP contribution in [0.1, 0.15) is 6.42 Å². The molecule has 1 aromatic rings. The standard InChI is InChI=1S/C10H12S3/c1-2-5-9(6-3-1)13-10-11-7-4-8-12-10/h1-3,5-6,10H,4,7-8H2. The molecule has 1 aliphatic heterocycles. The van der Waals surface area contributed by atoms with Gasteiger partial charge in [-0.2, -0.15) is 0 Å². The van der Waals surface area contributed by atoms with Crippen molar-refractivity contribution in [1.29, 1.82) is 0 Å². The highest BCUT2D eigenvalue weighted by atomic mass is 32.3. The van der Waals surface area contributed by atoms with E-state index < -0.39 is 0 Å². The highest BCUT2D eigenvalue weighted by molar-refractivity contribution is 8.32. The van der Waals surface area contributed by atoms with Gasteiger partial charge in [0, 0.05) is 4.90 Å². The van der Waals surface area contributed by atoms with Crippen LogP contribution in [0.3, 0.4) is 0 Å². The zero-order valence-corrected chi connectivity index (χ0v) is 9.76. The summed E-state index contributed by atoms with van der Waals surface area (Å²) in [5, 5.41) is 0. The third kappa shape index (κ3) is 3.15. The van der Waals surface area contributed by atoms with E-state index in [1.54, 1.807) is 0 Å². The fourth-order valence-corrected chi connectivity index (χ4v) is 5.62. The van der Waals surface area contributed by atoms with E-state index in [0.29, 0.717) is 0 Å². The summed E-state index contributed by atoms with van der Waals surface area (Å²) >= 11 is 6.16. The Morgan fingerprint density at radius 3 is 2.46 bits per heavy atom. The zero-order valence-electron chi connectivity index (χ0n) is 7.31. The van der Waals surface area contributed by atoms with Gasteiger partial charge >= 0.3 is 0 Å². The predicted octanol–water partition coefficient (Wildman–Crippen LogP) is 3.93. The van der Waals surface area contributed by atoms with Crippen molar-refractivity contribution in [3.05, 3.63) is 30.3 Å². The summed E-state index contributed by atoms with van der Waals surface area (Å²) in [4.78, 5) is 1.40. The fourth-order valence-electron chi connectivity index (χ4n) is 1.14. The molecular weight excluding hydrogens is 216 g/mol. The second-order valence-corrected chi connectivity index (χ2v) is 7.31. The van der Waals surface area contributed by atoms with Gasteiger partial charge in [-0.15, -0.1) is 35.3 Å². The van der Waals surface area contributed by atoms with Gasteiger partial charge < -0.3 is 0 Å². The van der Waals surface area contributed by atoms with Crippen LogP contribution < -0.4 is 0 Å². The van der Waals surface area contributed by atoms with Crippen LogP contribution in [0.2, 0.25) is 0 Å². The average Bonchev–Trinajstić information content (AvgIpc) is 2.21. The lowest BCUT2D eigenvalue weighted by Gasteiger charge is -2.19. The highest BCUT2D eigenvalue weighted by Crippen LogP contribution is 2.41. The lowest BCUT2D eigenvalue weighted by Crippen LogP contribution is -2.01. The van der Waals surface area contributed by atoms with Gasteiger partial charge in [-0.05, 0) is 30.1 Å². The Kier molecular flexibility index (Phi) is 3.94. The van der Waals surface area contributed by atoms with Crippen LogP contribution in [0.4, 0.5) is 0 Å². The Morgan fingerprint density at radius 1 is 1.08 bits per heavy atom. The van der Waals surface area contributed by atoms with Crippen LogP contribution in [-0.4, -0.2) is 15.4 Å². The summed E-state index contributed by atoms with van der Waals surface area (Å²) in [5.74, 6) is 2.66. The molecular formula is C10H12S3. The molecule has 0 aromatic heterocycles. The summed E-state index contributed by atoms with van der Waals surface area (Å²) in [6.07, 6.45) is 1.38. The molecule has 0 radical (unpaired) electrons. The van der Waals surface area contributed by atoms with Crippen LogP contribution in [0.5, 0.6) is 0 Å². The molecule has 0 nitrogen and oxygen atoms in total. The quantitative estimate of drug-likeness (QED) is 0.752. The van der Waals surface area contributed by atoms with Crippen molar-refractivity contribution >= 4 is 35.3 Å². The molecule has 0 N–H and O–H groups in total. The summed E-state index contributed by atoms with van der Waals surface area (Å²) in [5.41, 5.74) is 0. The molecule has 0 amide bonds. The molecule has 13 heavy (non-hydrogen) atoms. The van der Waals surface area contributed by atoms with Gasteiger partial charge in [-0.25, -0.2) is 0 Å². The van der Waals surface area contributed by atoms with E-state index in [1.165, 1.54) is 22.8 Å². The second-order valence-electron chi connectivity index (χ2n) is 2.81. The van der Waals surface area contributed by atoms with E-state index in [2.05, 4.69) is 53.9 Å². The van der Waals surface area contributed by atoms with E-state index in [-0.39, 0.29) is 0 Å². The van der Waals surface area contributed by atoms with Crippen molar-refractivity contribution in [2.45, 2.75) is 15.2 Å². The minimum Gasteiger partial charge on any atom is -0.136 e. The first-order valence-corrected chi connectivity index (χ1v) is 7.38. The SMILES string of the molecule is c1ccc(SC2SCCCS2)cc1. The fraction of sp³-hybridized carbons (Fsp3) is 0.400. The molecule has 1 heterocycles. The molecule has 1 aromatic carbocycles. The van der Waals surface area contributed by atoms with Gasteiger partial charge in [-0.3, -0.25) is 0 Å². The molecule has 0 unspecified atom stereocenters. The Bertz CT molecular complexity index is 242. The minimum absolute atomic E-state index is 0.719. The molecule has 1 saturated heterocycles. The van der Waals surface area contributed by atoms with Crippen molar-refractivity contribution in [2.24, 2.45) is 0 Å². The van der Waals surface area contributed by atoms with E-state index in [0.717, 1.165) is 3.91 Å². The molecule has 0 spiro atoms. The average molecular weight is 228 g/mol. The van der Waals surface area contributed by atoms with Gasteiger partial charge in [-0.1, -0.05) is 18.2 Å². The Hall–Kier alpha value is 0.270. The highest BCUT2D eigenvalue weighted by Gasteiger charge is 2.14. The topological polar surface area (TPSA) is 0 Å². The number of benzene rings is 1. The van der Waals surface area contributed by atoms with Crippen molar-refractivity contribution in [2.75, 3.05) is 11.5 Å². The monoisotopic (exact) mass is 228 g/mol. The maximum Gasteiger partial charge on any atom is 0.100 e. The maximum atomic E-state index is 2.19. The number of rotatable bonds is 2. The van der Waals surface area contributed by atoms with Crippen LogP contribution in [-0.2, 0) is 0 Å². The first-order valence-electron chi connectivity index (χ1n) is 4.40. The molecule has 1 aliphatic rings. The summed E-state index contributed by atoms with van der Waals surface area (Å²) in [7, 11) is 0. The Labute approximate surface area is 92.3 Å². The number of hydrogen-bond donors (Lipinski definition) is 0. The number of thioether (sulfide) groups is 3. The summed E-state index contributed by atoms with van der Waals surface area (Å²) < 4.78 is 0.719. The summed E-state index contributed by atoms with van der Waals surface area (Å²) in [6.45, 7) is 0. The van der Waals surface area contributed by atoms with E-state index in [9.17, 15) is 0 Å². The van der Waals surface area contributed by atoms with E-state index in [4.69, 9.17) is 0 Å². The largest absolute Gasteiger partial charge is 0.136 e. The molecule has 1 fully saturated rings. The van der Waals surface area contributed by atoms with E-state index in [1.807, 2.05) is 11.8 Å². The van der Waals surface area contributed by atoms with E-state index >= 15 is 0 Å². The summed E-state index contributed by atoms with van der Waals surface area (Å²) in [6, 6.07) is 10.7. The maximum absolute atomic E-state index is 2.19. The lowest BCUT2D eigenvalue weighted by atomic mass is 10.4. The molecule has 3 heteroatoms.